The Morgan fingerprint density at radius 1 is 1.19 bits per heavy atom. The number of nitrogens with zero attached hydrogens (tertiary/aromatic N) is 3. The van der Waals surface area contributed by atoms with Crippen molar-refractivity contribution in [3.05, 3.63) is 65.0 Å². The van der Waals surface area contributed by atoms with Crippen molar-refractivity contribution in [2.45, 2.75) is 25.4 Å². The molecule has 0 bridgehead atoms. The highest BCUT2D eigenvalue weighted by molar-refractivity contribution is 7.99. The van der Waals surface area contributed by atoms with E-state index < -0.39 is 0 Å². The maximum Gasteiger partial charge on any atom is 0.196 e. The van der Waals surface area contributed by atoms with E-state index >= 15 is 0 Å². The molecule has 5 nitrogen and oxygen atoms in total. The molecule has 0 unspecified atom stereocenters. The first-order valence-corrected chi connectivity index (χ1v) is 9.52. The SMILES string of the molecule is Cc1ccccc1-n1c(C)nnc1SCC(=O)c1ccc2c(c1)CCO2. The Hall–Kier alpha value is -2.60. The van der Waals surface area contributed by atoms with Gasteiger partial charge in [0.1, 0.15) is 11.6 Å². The van der Waals surface area contributed by atoms with Crippen LogP contribution in [0.5, 0.6) is 5.75 Å². The van der Waals surface area contributed by atoms with E-state index in [4.69, 9.17) is 4.74 Å². The second-order valence-electron chi connectivity index (χ2n) is 6.28. The zero-order valence-electron chi connectivity index (χ0n) is 14.7. The number of hydrogen-bond acceptors (Lipinski definition) is 5. The molecule has 2 heterocycles. The van der Waals surface area contributed by atoms with E-state index in [9.17, 15) is 4.79 Å². The summed E-state index contributed by atoms with van der Waals surface area (Å²) >= 11 is 1.42. The van der Waals surface area contributed by atoms with Crippen molar-refractivity contribution >= 4 is 17.5 Å². The van der Waals surface area contributed by atoms with E-state index in [2.05, 4.69) is 23.2 Å². The van der Waals surface area contributed by atoms with Gasteiger partial charge in [-0.25, -0.2) is 0 Å². The van der Waals surface area contributed by atoms with Crippen LogP contribution in [0, 0.1) is 13.8 Å². The number of hydrogen-bond donors (Lipinski definition) is 0. The minimum Gasteiger partial charge on any atom is -0.493 e. The second-order valence-corrected chi connectivity index (χ2v) is 7.23. The van der Waals surface area contributed by atoms with Gasteiger partial charge in [-0.2, -0.15) is 0 Å². The Morgan fingerprint density at radius 3 is 2.88 bits per heavy atom. The van der Waals surface area contributed by atoms with Crippen LogP contribution in [0.1, 0.15) is 27.3 Å². The predicted molar refractivity (Wildman–Crippen MR) is 102 cm³/mol. The summed E-state index contributed by atoms with van der Waals surface area (Å²) < 4.78 is 7.51. The molecule has 132 valence electrons. The first-order valence-electron chi connectivity index (χ1n) is 8.53. The number of ether oxygens (including phenoxy) is 1. The topological polar surface area (TPSA) is 57.0 Å². The fourth-order valence-electron chi connectivity index (χ4n) is 3.10. The van der Waals surface area contributed by atoms with Crippen LogP contribution in [-0.2, 0) is 6.42 Å². The van der Waals surface area contributed by atoms with Crippen LogP contribution in [0.4, 0.5) is 0 Å². The van der Waals surface area contributed by atoms with Crippen LogP contribution in [0.2, 0.25) is 0 Å². The Balaban J connectivity index is 1.54. The van der Waals surface area contributed by atoms with Crippen molar-refractivity contribution in [3.63, 3.8) is 0 Å². The number of Topliss-reactive ketones (excluding diaryl/α,β-unsaturated/α-hetero) is 1. The van der Waals surface area contributed by atoms with Crippen LogP contribution < -0.4 is 4.74 Å². The van der Waals surface area contributed by atoms with Gasteiger partial charge in [-0.05, 0) is 49.2 Å². The van der Waals surface area contributed by atoms with Crippen molar-refractivity contribution in [2.75, 3.05) is 12.4 Å². The zero-order valence-corrected chi connectivity index (χ0v) is 15.5. The minimum absolute atomic E-state index is 0.0849. The summed E-state index contributed by atoms with van der Waals surface area (Å²) in [6, 6.07) is 13.8. The summed E-state index contributed by atoms with van der Waals surface area (Å²) in [5.41, 5.74) is 4.02. The Morgan fingerprint density at radius 2 is 2.04 bits per heavy atom. The molecule has 0 amide bonds. The van der Waals surface area contributed by atoms with Crippen molar-refractivity contribution in [1.82, 2.24) is 14.8 Å². The number of carbonyl (C=O) groups is 1. The summed E-state index contributed by atoms with van der Waals surface area (Å²) in [6.07, 6.45) is 0.865. The van der Waals surface area contributed by atoms with Crippen LogP contribution in [0.3, 0.4) is 0 Å². The van der Waals surface area contributed by atoms with Gasteiger partial charge in [0.2, 0.25) is 0 Å². The smallest absolute Gasteiger partial charge is 0.196 e. The van der Waals surface area contributed by atoms with Gasteiger partial charge in [-0.1, -0.05) is 30.0 Å². The quantitative estimate of drug-likeness (QED) is 0.508. The van der Waals surface area contributed by atoms with Crippen LogP contribution in [0.15, 0.2) is 47.6 Å². The summed E-state index contributed by atoms with van der Waals surface area (Å²) in [5, 5.41) is 9.19. The highest BCUT2D eigenvalue weighted by atomic mass is 32.2. The summed E-state index contributed by atoms with van der Waals surface area (Å²) in [6.45, 7) is 4.67. The van der Waals surface area contributed by atoms with Gasteiger partial charge >= 0.3 is 0 Å². The second kappa shape index (κ2) is 6.96. The number of para-hydroxylation sites is 1. The van der Waals surface area contributed by atoms with Gasteiger partial charge in [0.05, 0.1) is 18.0 Å². The minimum atomic E-state index is 0.0849. The van der Waals surface area contributed by atoms with Crippen molar-refractivity contribution < 1.29 is 9.53 Å². The molecule has 4 rings (SSSR count). The number of rotatable bonds is 5. The monoisotopic (exact) mass is 365 g/mol. The standard InChI is InChI=1S/C20H19N3O2S/c1-13-5-3-4-6-17(13)23-14(2)21-22-20(23)26-12-18(24)15-7-8-19-16(11-15)9-10-25-19/h3-8,11H,9-10,12H2,1-2H3. The fourth-order valence-corrected chi connectivity index (χ4v) is 3.99. The molecule has 1 aliphatic heterocycles. The van der Waals surface area contributed by atoms with Gasteiger partial charge in [0, 0.05) is 12.0 Å². The molecule has 0 spiro atoms. The zero-order chi connectivity index (χ0) is 18.1. The molecule has 0 fully saturated rings. The number of aromatic nitrogens is 3. The summed E-state index contributed by atoms with van der Waals surface area (Å²) in [4.78, 5) is 12.6. The normalized spacial score (nSPS) is 12.7. The molecule has 2 aromatic carbocycles. The highest BCUT2D eigenvalue weighted by Gasteiger charge is 2.18. The molecule has 0 aliphatic carbocycles. The van der Waals surface area contributed by atoms with E-state index in [0.29, 0.717) is 12.4 Å². The molecule has 26 heavy (non-hydrogen) atoms. The molecule has 1 aromatic heterocycles. The maximum absolute atomic E-state index is 12.6. The van der Waals surface area contributed by atoms with Crippen LogP contribution in [0.25, 0.3) is 5.69 Å². The lowest BCUT2D eigenvalue weighted by Gasteiger charge is -2.11. The molecule has 3 aromatic rings. The van der Waals surface area contributed by atoms with Gasteiger partial charge < -0.3 is 4.74 Å². The molecule has 0 radical (unpaired) electrons. The Bertz CT molecular complexity index is 981. The first kappa shape index (κ1) is 16.8. The van der Waals surface area contributed by atoms with Crippen LogP contribution >= 0.6 is 11.8 Å². The van der Waals surface area contributed by atoms with E-state index in [-0.39, 0.29) is 5.78 Å². The number of carbonyl (C=O) groups excluding carboxylic acids is 1. The van der Waals surface area contributed by atoms with E-state index in [1.165, 1.54) is 11.8 Å². The van der Waals surface area contributed by atoms with Gasteiger partial charge in [-0.3, -0.25) is 9.36 Å². The molecule has 0 N–H and O–H groups in total. The summed E-state index contributed by atoms with van der Waals surface area (Å²) in [5.74, 6) is 2.11. The third-order valence-electron chi connectivity index (χ3n) is 4.50. The molecular formula is C20H19N3O2S. The number of fused-ring (bicyclic) bond motifs is 1. The number of thioether (sulfide) groups is 1. The Kier molecular flexibility index (Phi) is 4.51. The van der Waals surface area contributed by atoms with Crippen molar-refractivity contribution in [3.8, 4) is 11.4 Å². The maximum atomic E-state index is 12.6. The Labute approximate surface area is 156 Å². The van der Waals surface area contributed by atoms with Gasteiger partial charge in [0.15, 0.2) is 10.9 Å². The van der Waals surface area contributed by atoms with Crippen molar-refractivity contribution in [2.24, 2.45) is 0 Å². The average molecular weight is 365 g/mol. The summed E-state index contributed by atoms with van der Waals surface area (Å²) in [7, 11) is 0. The molecular weight excluding hydrogens is 346 g/mol. The molecule has 0 atom stereocenters. The lowest BCUT2D eigenvalue weighted by atomic mass is 10.1. The van der Waals surface area contributed by atoms with Gasteiger partial charge in [0.25, 0.3) is 0 Å². The molecule has 0 saturated carbocycles. The molecule has 0 saturated heterocycles. The van der Waals surface area contributed by atoms with Crippen LogP contribution in [-0.4, -0.2) is 32.9 Å². The highest BCUT2D eigenvalue weighted by Crippen LogP contribution is 2.28. The number of ketones is 1. The number of aryl methyl sites for hydroxylation is 2. The first-order chi connectivity index (χ1) is 12.6. The molecule has 6 heteroatoms. The predicted octanol–water partition coefficient (Wildman–Crippen LogP) is 3.79. The lowest BCUT2D eigenvalue weighted by molar-refractivity contribution is 0.102. The van der Waals surface area contributed by atoms with E-state index in [1.807, 2.05) is 47.9 Å². The van der Waals surface area contributed by atoms with E-state index in [1.54, 1.807) is 0 Å². The third-order valence-corrected chi connectivity index (χ3v) is 5.42. The largest absolute Gasteiger partial charge is 0.493 e. The average Bonchev–Trinajstić information content (AvgIpc) is 3.26. The molecule has 1 aliphatic rings. The lowest BCUT2D eigenvalue weighted by Crippen LogP contribution is -2.06. The number of benzene rings is 2. The van der Waals surface area contributed by atoms with Crippen molar-refractivity contribution in [1.29, 1.82) is 0 Å². The van der Waals surface area contributed by atoms with Gasteiger partial charge in [-0.15, -0.1) is 10.2 Å². The van der Waals surface area contributed by atoms with E-state index in [0.717, 1.165) is 45.5 Å². The fraction of sp³-hybridized carbons (Fsp3) is 0.250. The third kappa shape index (κ3) is 3.12.